The van der Waals surface area contributed by atoms with E-state index in [4.69, 9.17) is 21.1 Å². The van der Waals surface area contributed by atoms with Crippen molar-refractivity contribution in [3.8, 4) is 0 Å². The largest absolute Gasteiger partial charge is 0.381 e. The van der Waals surface area contributed by atoms with Crippen LogP contribution in [-0.4, -0.2) is 58.4 Å². The lowest BCUT2D eigenvalue weighted by Gasteiger charge is -2.21. The molecule has 7 nitrogen and oxygen atoms in total. The number of benzene rings is 1. The van der Waals surface area contributed by atoms with Crippen LogP contribution in [-0.2, 0) is 14.3 Å². The zero-order chi connectivity index (χ0) is 20.9. The van der Waals surface area contributed by atoms with E-state index in [0.717, 1.165) is 57.8 Å². The number of aliphatic imine (C=N–C) groups is 1. The highest BCUT2D eigenvalue weighted by Crippen LogP contribution is 2.22. The van der Waals surface area contributed by atoms with Crippen molar-refractivity contribution in [2.45, 2.75) is 32.6 Å². The maximum absolute atomic E-state index is 12.1. The Morgan fingerprint density at radius 3 is 2.70 bits per heavy atom. The van der Waals surface area contributed by atoms with E-state index in [1.165, 1.54) is 0 Å². The number of hydrogen-bond donors (Lipinski definition) is 3. The summed E-state index contributed by atoms with van der Waals surface area (Å²) in [5.74, 6) is 1.21. The number of hydrogen-bond acceptors (Lipinski definition) is 4. The van der Waals surface area contributed by atoms with Gasteiger partial charge in [-0.2, -0.15) is 0 Å². The van der Waals surface area contributed by atoms with Crippen LogP contribution in [0.4, 0.5) is 5.69 Å². The summed E-state index contributed by atoms with van der Waals surface area (Å²) in [7, 11) is 1.71. The third kappa shape index (κ3) is 10.8. The van der Waals surface area contributed by atoms with E-state index in [2.05, 4.69) is 20.9 Å². The van der Waals surface area contributed by atoms with Crippen LogP contribution < -0.4 is 16.0 Å². The molecule has 1 aliphatic heterocycles. The molecule has 1 aliphatic rings. The van der Waals surface area contributed by atoms with Crippen molar-refractivity contribution in [3.63, 3.8) is 0 Å². The third-order valence-corrected chi connectivity index (χ3v) is 5.03. The van der Waals surface area contributed by atoms with Crippen LogP contribution in [0.15, 0.2) is 23.2 Å². The van der Waals surface area contributed by atoms with E-state index in [1.54, 1.807) is 7.05 Å². The first-order valence-corrected chi connectivity index (χ1v) is 10.6. The van der Waals surface area contributed by atoms with E-state index in [9.17, 15) is 4.79 Å². The Balaban J connectivity index is 0.00000450. The van der Waals surface area contributed by atoms with Crippen molar-refractivity contribution >= 4 is 53.1 Å². The second-order valence-corrected chi connectivity index (χ2v) is 7.60. The van der Waals surface area contributed by atoms with Gasteiger partial charge in [0, 0.05) is 53.0 Å². The van der Waals surface area contributed by atoms with Crippen LogP contribution in [0.5, 0.6) is 0 Å². The molecular formula is C21H34ClIN4O3. The van der Waals surface area contributed by atoms with Gasteiger partial charge in [-0.15, -0.1) is 24.0 Å². The molecule has 1 amide bonds. The molecule has 0 bridgehead atoms. The first-order valence-electron chi connectivity index (χ1n) is 10.2. The number of nitrogens with zero attached hydrogens (tertiary/aromatic N) is 1. The number of aryl methyl sites for hydroxylation is 1. The van der Waals surface area contributed by atoms with Crippen molar-refractivity contribution < 1.29 is 14.3 Å². The summed E-state index contributed by atoms with van der Waals surface area (Å²) in [6.07, 6.45) is 3.41. The SMILES string of the molecule is CN=C(NCCCOCC1CCOCC1)NCCC(=O)Nc1ccc(C)cc1Cl.I. The lowest BCUT2D eigenvalue weighted by molar-refractivity contribution is -0.116. The highest BCUT2D eigenvalue weighted by Gasteiger charge is 2.13. The number of amides is 1. The van der Waals surface area contributed by atoms with Gasteiger partial charge in [0.15, 0.2) is 5.96 Å². The minimum atomic E-state index is -0.0970. The molecule has 2 rings (SSSR count). The molecule has 30 heavy (non-hydrogen) atoms. The van der Waals surface area contributed by atoms with E-state index >= 15 is 0 Å². The normalized spacial score (nSPS) is 14.7. The fraction of sp³-hybridized carbons (Fsp3) is 0.619. The molecule has 0 saturated carbocycles. The summed E-state index contributed by atoms with van der Waals surface area (Å²) in [5, 5.41) is 9.75. The summed E-state index contributed by atoms with van der Waals surface area (Å²) >= 11 is 6.14. The van der Waals surface area contributed by atoms with Crippen LogP contribution in [0.3, 0.4) is 0 Å². The summed E-state index contributed by atoms with van der Waals surface area (Å²) in [6, 6.07) is 5.56. The van der Waals surface area contributed by atoms with Crippen molar-refractivity contribution in [1.82, 2.24) is 10.6 Å². The summed E-state index contributed by atoms with van der Waals surface area (Å²) in [5.41, 5.74) is 1.68. The molecule has 1 aromatic rings. The maximum Gasteiger partial charge on any atom is 0.226 e. The minimum Gasteiger partial charge on any atom is -0.381 e. The predicted molar refractivity (Wildman–Crippen MR) is 133 cm³/mol. The van der Waals surface area contributed by atoms with Gasteiger partial charge in [-0.25, -0.2) is 0 Å². The Morgan fingerprint density at radius 2 is 2.00 bits per heavy atom. The maximum atomic E-state index is 12.1. The van der Waals surface area contributed by atoms with Gasteiger partial charge in [0.25, 0.3) is 0 Å². The Hall–Kier alpha value is -1.10. The van der Waals surface area contributed by atoms with Gasteiger partial charge in [0.2, 0.25) is 5.91 Å². The molecule has 0 atom stereocenters. The molecule has 0 aliphatic carbocycles. The molecule has 1 fully saturated rings. The fourth-order valence-corrected chi connectivity index (χ4v) is 3.28. The van der Waals surface area contributed by atoms with Gasteiger partial charge in [-0.05, 0) is 49.8 Å². The van der Waals surface area contributed by atoms with Crippen LogP contribution >= 0.6 is 35.6 Å². The molecule has 170 valence electrons. The van der Waals surface area contributed by atoms with Crippen molar-refractivity contribution in [1.29, 1.82) is 0 Å². The van der Waals surface area contributed by atoms with Crippen LogP contribution in [0, 0.1) is 12.8 Å². The first-order chi connectivity index (χ1) is 14.1. The highest BCUT2D eigenvalue weighted by atomic mass is 127. The molecule has 0 spiro atoms. The molecule has 9 heteroatoms. The summed E-state index contributed by atoms with van der Waals surface area (Å²) in [4.78, 5) is 16.3. The number of rotatable bonds is 10. The Labute approximate surface area is 201 Å². The highest BCUT2D eigenvalue weighted by molar-refractivity contribution is 14.0. The standard InChI is InChI=1S/C21H33ClN4O3.HI/c1-16-4-5-19(18(22)14-16)26-20(27)6-10-25-21(23-2)24-9-3-11-29-15-17-7-12-28-13-8-17;/h4-5,14,17H,3,6-13,15H2,1-2H3,(H,26,27)(H2,23,24,25);1H. The molecular weight excluding hydrogens is 519 g/mol. The van der Waals surface area contributed by atoms with E-state index in [1.807, 2.05) is 25.1 Å². The lowest BCUT2D eigenvalue weighted by Crippen LogP contribution is -2.39. The number of nitrogens with one attached hydrogen (secondary N) is 3. The number of anilines is 1. The van der Waals surface area contributed by atoms with Crippen LogP contribution in [0.2, 0.25) is 5.02 Å². The molecule has 1 heterocycles. The Bertz CT molecular complexity index is 670. The topological polar surface area (TPSA) is 84.0 Å². The van der Waals surface area contributed by atoms with E-state index in [-0.39, 0.29) is 29.9 Å². The quantitative estimate of drug-likeness (QED) is 0.179. The Kier molecular flexibility index (Phi) is 14.1. The zero-order valence-electron chi connectivity index (χ0n) is 17.8. The molecule has 1 saturated heterocycles. The van der Waals surface area contributed by atoms with E-state index in [0.29, 0.717) is 35.6 Å². The predicted octanol–water partition coefficient (Wildman–Crippen LogP) is 3.59. The van der Waals surface area contributed by atoms with Gasteiger partial charge >= 0.3 is 0 Å². The van der Waals surface area contributed by atoms with Crippen molar-refractivity contribution in [3.05, 3.63) is 28.8 Å². The van der Waals surface area contributed by atoms with Gasteiger partial charge in [0.1, 0.15) is 0 Å². The second kappa shape index (κ2) is 15.7. The fourth-order valence-electron chi connectivity index (χ4n) is 2.99. The summed E-state index contributed by atoms with van der Waals surface area (Å²) < 4.78 is 11.1. The minimum absolute atomic E-state index is 0. The van der Waals surface area contributed by atoms with E-state index < -0.39 is 0 Å². The van der Waals surface area contributed by atoms with Gasteiger partial charge in [0.05, 0.1) is 10.7 Å². The smallest absolute Gasteiger partial charge is 0.226 e. The van der Waals surface area contributed by atoms with Crippen molar-refractivity contribution in [2.75, 3.05) is 51.9 Å². The molecule has 0 unspecified atom stereocenters. The number of carbonyl (C=O) groups is 1. The molecule has 0 radical (unpaired) electrons. The van der Waals surface area contributed by atoms with Gasteiger partial charge in [-0.1, -0.05) is 17.7 Å². The molecule has 1 aromatic carbocycles. The second-order valence-electron chi connectivity index (χ2n) is 7.19. The lowest BCUT2D eigenvalue weighted by atomic mass is 10.0. The molecule has 3 N–H and O–H groups in total. The monoisotopic (exact) mass is 552 g/mol. The third-order valence-electron chi connectivity index (χ3n) is 4.72. The average molecular weight is 553 g/mol. The number of halogens is 2. The Morgan fingerprint density at radius 1 is 1.27 bits per heavy atom. The van der Waals surface area contributed by atoms with Crippen LogP contribution in [0.1, 0.15) is 31.2 Å². The molecule has 0 aromatic heterocycles. The van der Waals surface area contributed by atoms with Gasteiger partial charge in [-0.3, -0.25) is 9.79 Å². The number of carbonyl (C=O) groups excluding carboxylic acids is 1. The average Bonchev–Trinajstić information content (AvgIpc) is 2.72. The van der Waals surface area contributed by atoms with Gasteiger partial charge < -0.3 is 25.4 Å². The zero-order valence-corrected chi connectivity index (χ0v) is 20.9. The number of guanidine groups is 1. The van der Waals surface area contributed by atoms with Crippen LogP contribution in [0.25, 0.3) is 0 Å². The van der Waals surface area contributed by atoms with Crippen molar-refractivity contribution in [2.24, 2.45) is 10.9 Å². The number of ether oxygens (including phenoxy) is 2. The summed E-state index contributed by atoms with van der Waals surface area (Å²) in [6.45, 7) is 6.45. The first kappa shape index (κ1) is 26.9.